The van der Waals surface area contributed by atoms with Crippen LogP contribution in [0.3, 0.4) is 0 Å². The first kappa shape index (κ1) is 20.8. The van der Waals surface area contributed by atoms with Gasteiger partial charge in [-0.05, 0) is 43.3 Å². The fourth-order valence-corrected chi connectivity index (χ4v) is 2.54. The fraction of sp³-hybridized carbons (Fsp3) is 0.200. The van der Waals surface area contributed by atoms with E-state index in [2.05, 4.69) is 10.2 Å². The van der Waals surface area contributed by atoms with E-state index in [1.165, 1.54) is 55.5 Å². The summed E-state index contributed by atoms with van der Waals surface area (Å²) in [6.07, 6.45) is -1.10. The van der Waals surface area contributed by atoms with E-state index in [0.29, 0.717) is 11.1 Å². The number of nitrogens with zero attached hydrogens (tertiary/aromatic N) is 3. The molecule has 0 spiro atoms. The van der Waals surface area contributed by atoms with Gasteiger partial charge in [0.05, 0.1) is 11.3 Å². The lowest BCUT2D eigenvalue weighted by Crippen LogP contribution is -2.11. The van der Waals surface area contributed by atoms with Gasteiger partial charge in [0, 0.05) is 29.7 Å². The van der Waals surface area contributed by atoms with Crippen LogP contribution >= 0.6 is 0 Å². The summed E-state index contributed by atoms with van der Waals surface area (Å²) in [5.74, 6) is -1.23. The van der Waals surface area contributed by atoms with Crippen molar-refractivity contribution in [3.8, 4) is 11.5 Å². The van der Waals surface area contributed by atoms with Crippen LogP contribution in [0.5, 0.6) is 0 Å². The molecule has 2 aromatic carbocycles. The minimum absolute atomic E-state index is 0.0431. The van der Waals surface area contributed by atoms with Gasteiger partial charge in [0.25, 0.3) is 11.6 Å². The van der Waals surface area contributed by atoms with Crippen LogP contribution in [0.2, 0.25) is 0 Å². The normalized spacial score (nSPS) is 11.7. The highest BCUT2D eigenvalue weighted by atomic mass is 19.1. The number of rotatable bonds is 8. The van der Waals surface area contributed by atoms with Gasteiger partial charge in [-0.15, -0.1) is 10.2 Å². The summed E-state index contributed by atoms with van der Waals surface area (Å²) in [7, 11) is 0. The average Bonchev–Trinajstić information content (AvgIpc) is 3.23. The Hall–Kier alpha value is -3.95. The van der Waals surface area contributed by atoms with Crippen LogP contribution in [-0.4, -0.2) is 26.9 Å². The first-order valence-electron chi connectivity index (χ1n) is 8.90. The minimum atomic E-state index is -0.849. The number of hydrogen-bond acceptors (Lipinski definition) is 8. The van der Waals surface area contributed by atoms with Crippen LogP contribution in [0.25, 0.3) is 11.5 Å². The van der Waals surface area contributed by atoms with Crippen molar-refractivity contribution in [1.29, 1.82) is 0 Å². The molecule has 9 nitrogen and oxygen atoms in total. The third kappa shape index (κ3) is 5.10. The third-order valence-electron chi connectivity index (χ3n) is 4.14. The zero-order chi connectivity index (χ0) is 21.7. The molecule has 0 amide bonds. The van der Waals surface area contributed by atoms with Crippen molar-refractivity contribution in [3.05, 3.63) is 75.9 Å². The smallest absolute Gasteiger partial charge is 0.307 e. The van der Waals surface area contributed by atoms with Gasteiger partial charge < -0.3 is 9.15 Å². The monoisotopic (exact) mass is 413 g/mol. The summed E-state index contributed by atoms with van der Waals surface area (Å²) in [5.41, 5.74) is 0.709. The number of Topliss-reactive ketones (excluding diaryl/α,β-unsaturated/α-hetero) is 1. The summed E-state index contributed by atoms with van der Waals surface area (Å²) in [5, 5.41) is 18.4. The molecule has 0 saturated carbocycles. The van der Waals surface area contributed by atoms with Crippen molar-refractivity contribution in [1.82, 2.24) is 10.2 Å². The van der Waals surface area contributed by atoms with E-state index < -0.39 is 22.8 Å². The number of nitro benzene ring substituents is 1. The number of benzene rings is 2. The van der Waals surface area contributed by atoms with E-state index in [1.54, 1.807) is 0 Å². The van der Waals surface area contributed by atoms with E-state index in [9.17, 15) is 24.1 Å². The second-order valence-corrected chi connectivity index (χ2v) is 6.31. The summed E-state index contributed by atoms with van der Waals surface area (Å²) < 4.78 is 23.6. The van der Waals surface area contributed by atoms with Crippen LogP contribution in [0.1, 0.15) is 42.1 Å². The van der Waals surface area contributed by atoms with Crippen molar-refractivity contribution < 1.29 is 28.1 Å². The van der Waals surface area contributed by atoms with Gasteiger partial charge in [-0.1, -0.05) is 0 Å². The maximum Gasteiger partial charge on any atom is 0.307 e. The molecule has 0 fully saturated rings. The van der Waals surface area contributed by atoms with Crippen LogP contribution in [0.15, 0.2) is 52.9 Å². The van der Waals surface area contributed by atoms with E-state index in [-0.39, 0.29) is 36.1 Å². The summed E-state index contributed by atoms with van der Waals surface area (Å²) >= 11 is 0. The first-order chi connectivity index (χ1) is 14.3. The summed E-state index contributed by atoms with van der Waals surface area (Å²) in [4.78, 5) is 34.2. The number of non-ortho nitro benzene ring substituents is 1. The molecule has 0 unspecified atom stereocenters. The molecule has 0 saturated heterocycles. The largest absolute Gasteiger partial charge is 0.453 e. The fourth-order valence-electron chi connectivity index (χ4n) is 2.54. The van der Waals surface area contributed by atoms with Gasteiger partial charge in [0.1, 0.15) is 5.82 Å². The van der Waals surface area contributed by atoms with Crippen molar-refractivity contribution in [2.75, 3.05) is 0 Å². The van der Waals surface area contributed by atoms with Crippen LogP contribution in [0.4, 0.5) is 10.1 Å². The maximum absolute atomic E-state index is 12.9. The first-order valence-corrected chi connectivity index (χ1v) is 8.90. The van der Waals surface area contributed by atoms with Crippen molar-refractivity contribution in [2.45, 2.75) is 25.9 Å². The number of carbonyl (C=O) groups excluding carboxylic acids is 2. The van der Waals surface area contributed by atoms with Gasteiger partial charge >= 0.3 is 5.97 Å². The van der Waals surface area contributed by atoms with Gasteiger partial charge in [-0.25, -0.2) is 4.39 Å². The lowest BCUT2D eigenvalue weighted by Gasteiger charge is -2.09. The quantitative estimate of drug-likeness (QED) is 0.234. The van der Waals surface area contributed by atoms with E-state index >= 15 is 0 Å². The zero-order valence-corrected chi connectivity index (χ0v) is 15.8. The number of nitro groups is 1. The minimum Gasteiger partial charge on any atom is -0.453 e. The van der Waals surface area contributed by atoms with Gasteiger partial charge in [-0.3, -0.25) is 19.7 Å². The molecule has 0 aliphatic heterocycles. The molecule has 1 heterocycles. The Morgan fingerprint density at radius 2 is 1.77 bits per heavy atom. The van der Waals surface area contributed by atoms with Crippen molar-refractivity contribution in [3.63, 3.8) is 0 Å². The molecule has 1 atom stereocenters. The number of esters is 1. The summed E-state index contributed by atoms with van der Waals surface area (Å²) in [6, 6.07) is 10.6. The van der Waals surface area contributed by atoms with E-state index in [0.717, 1.165) is 0 Å². The van der Waals surface area contributed by atoms with Gasteiger partial charge in [-0.2, -0.15) is 0 Å². The molecule has 1 aromatic heterocycles. The Labute approximate surface area is 169 Å². The Kier molecular flexibility index (Phi) is 6.26. The summed E-state index contributed by atoms with van der Waals surface area (Å²) in [6.45, 7) is 1.53. The number of carbonyl (C=O) groups is 2. The van der Waals surface area contributed by atoms with E-state index in [1.807, 2.05) is 0 Å². The molecule has 30 heavy (non-hydrogen) atoms. The lowest BCUT2D eigenvalue weighted by molar-refractivity contribution is -0.384. The molecular formula is C20H16FN3O6. The third-order valence-corrected chi connectivity index (χ3v) is 4.14. The molecule has 10 heteroatoms. The Morgan fingerprint density at radius 3 is 2.40 bits per heavy atom. The zero-order valence-electron chi connectivity index (χ0n) is 15.8. The van der Waals surface area contributed by atoms with Crippen LogP contribution in [0, 0.1) is 15.9 Å². The van der Waals surface area contributed by atoms with Gasteiger partial charge in [0.15, 0.2) is 11.9 Å². The lowest BCUT2D eigenvalue weighted by atomic mass is 10.1. The molecule has 154 valence electrons. The highest BCUT2D eigenvalue weighted by Crippen LogP contribution is 2.24. The highest BCUT2D eigenvalue weighted by molar-refractivity contribution is 5.97. The molecule has 0 bridgehead atoms. The maximum atomic E-state index is 12.9. The standard InChI is InChI=1S/C20H16FN3O6/c1-12(29-18(26)11-10-17(25)13-2-6-15(21)7-3-13)19-22-23-20(30-19)14-4-8-16(9-5-14)24(27)28/h2-9,12H,10-11H2,1H3/t12-/m0/s1. The van der Waals surface area contributed by atoms with Gasteiger partial charge in [0.2, 0.25) is 5.89 Å². The number of hydrogen-bond donors (Lipinski definition) is 0. The Bertz CT molecular complexity index is 1060. The van der Waals surface area contributed by atoms with Crippen LogP contribution < -0.4 is 0 Å². The Morgan fingerprint density at radius 1 is 1.10 bits per heavy atom. The number of ether oxygens (including phenoxy) is 1. The van der Waals surface area contributed by atoms with Crippen LogP contribution in [-0.2, 0) is 9.53 Å². The molecule has 0 aliphatic carbocycles. The number of ketones is 1. The van der Waals surface area contributed by atoms with E-state index in [4.69, 9.17) is 9.15 Å². The molecule has 0 aliphatic rings. The highest BCUT2D eigenvalue weighted by Gasteiger charge is 2.20. The number of aromatic nitrogens is 2. The molecule has 0 N–H and O–H groups in total. The molecule has 0 radical (unpaired) electrons. The molecular weight excluding hydrogens is 397 g/mol. The second kappa shape index (κ2) is 9.03. The predicted octanol–water partition coefficient (Wildman–Crippen LogP) is 4.05. The van der Waals surface area contributed by atoms with Crippen molar-refractivity contribution in [2.24, 2.45) is 0 Å². The second-order valence-electron chi connectivity index (χ2n) is 6.31. The Balaban J connectivity index is 1.54. The predicted molar refractivity (Wildman–Crippen MR) is 101 cm³/mol. The number of halogens is 1. The topological polar surface area (TPSA) is 125 Å². The molecule has 3 rings (SSSR count). The average molecular weight is 413 g/mol. The van der Waals surface area contributed by atoms with Crippen molar-refractivity contribution >= 4 is 17.4 Å². The molecule has 3 aromatic rings. The SMILES string of the molecule is C[C@H](OC(=O)CCC(=O)c1ccc(F)cc1)c1nnc(-c2ccc([N+](=O)[O-])cc2)o1.